The molecule has 2 saturated carbocycles. The Morgan fingerprint density at radius 2 is 2.00 bits per heavy atom. The molecule has 1 aromatic carbocycles. The van der Waals surface area contributed by atoms with Crippen molar-refractivity contribution in [3.63, 3.8) is 0 Å². The number of carbonyl (C=O) groups excluding carboxylic acids is 1. The molecule has 2 aliphatic rings. The minimum absolute atomic E-state index is 0.135. The van der Waals surface area contributed by atoms with Gasteiger partial charge in [-0.15, -0.1) is 0 Å². The summed E-state index contributed by atoms with van der Waals surface area (Å²) in [6, 6.07) is 6.91. The Morgan fingerprint density at radius 3 is 2.62 bits per heavy atom. The van der Waals surface area contributed by atoms with Crippen molar-refractivity contribution in [2.75, 3.05) is 0 Å². The molecule has 1 N–H and O–H groups in total. The molecule has 2 bridgehead atoms. The summed E-state index contributed by atoms with van der Waals surface area (Å²) in [5, 5.41) is 9.69. The fourth-order valence-corrected chi connectivity index (χ4v) is 3.45. The van der Waals surface area contributed by atoms with Crippen LogP contribution in [-0.2, 0) is 0 Å². The standard InChI is InChI=1S/C14H16O2/c15-13-4-2-1-3-11(13)14(16)12-8-9-5-6-10(12)7-9/h1-4,9-10,12,15H,5-8H2. The number of rotatable bonds is 2. The molecule has 3 rings (SSSR count). The normalized spacial score (nSPS) is 31.9. The number of aromatic hydroxyl groups is 1. The van der Waals surface area contributed by atoms with Gasteiger partial charge in [0.2, 0.25) is 0 Å². The number of hydrogen-bond acceptors (Lipinski definition) is 2. The number of hydrogen-bond donors (Lipinski definition) is 1. The molecule has 0 aromatic heterocycles. The molecule has 0 spiro atoms. The Kier molecular flexibility index (Phi) is 2.23. The Bertz CT molecular complexity index is 424. The third-order valence-corrected chi connectivity index (χ3v) is 4.24. The monoisotopic (exact) mass is 216 g/mol. The van der Waals surface area contributed by atoms with Crippen molar-refractivity contribution in [1.82, 2.24) is 0 Å². The number of benzene rings is 1. The fourth-order valence-electron chi connectivity index (χ4n) is 3.45. The molecule has 1 aromatic rings. The van der Waals surface area contributed by atoms with Crippen LogP contribution < -0.4 is 0 Å². The average Bonchev–Trinajstić information content (AvgIpc) is 2.90. The van der Waals surface area contributed by atoms with E-state index in [-0.39, 0.29) is 17.5 Å². The number of para-hydroxylation sites is 1. The second-order valence-corrected chi connectivity index (χ2v) is 5.16. The molecule has 0 radical (unpaired) electrons. The van der Waals surface area contributed by atoms with Gasteiger partial charge in [0.1, 0.15) is 5.75 Å². The van der Waals surface area contributed by atoms with Gasteiger partial charge in [0.15, 0.2) is 5.78 Å². The van der Waals surface area contributed by atoms with E-state index in [1.165, 1.54) is 19.3 Å². The van der Waals surface area contributed by atoms with Gasteiger partial charge in [-0.2, -0.15) is 0 Å². The van der Waals surface area contributed by atoms with E-state index in [0.29, 0.717) is 11.5 Å². The highest BCUT2D eigenvalue weighted by atomic mass is 16.3. The maximum atomic E-state index is 12.3. The van der Waals surface area contributed by atoms with Gasteiger partial charge in [-0.3, -0.25) is 4.79 Å². The molecule has 0 amide bonds. The Hall–Kier alpha value is -1.31. The zero-order valence-corrected chi connectivity index (χ0v) is 9.23. The highest BCUT2D eigenvalue weighted by Crippen LogP contribution is 2.49. The Morgan fingerprint density at radius 1 is 1.19 bits per heavy atom. The van der Waals surface area contributed by atoms with E-state index in [9.17, 15) is 9.90 Å². The summed E-state index contributed by atoms with van der Waals surface area (Å²) in [7, 11) is 0. The maximum absolute atomic E-state index is 12.3. The minimum atomic E-state index is 0.135. The van der Waals surface area contributed by atoms with Crippen LogP contribution in [0.15, 0.2) is 24.3 Å². The minimum Gasteiger partial charge on any atom is -0.507 e. The van der Waals surface area contributed by atoms with Crippen LogP contribution in [0, 0.1) is 17.8 Å². The smallest absolute Gasteiger partial charge is 0.169 e. The highest BCUT2D eigenvalue weighted by molar-refractivity contribution is 6.00. The molecule has 0 heterocycles. The quantitative estimate of drug-likeness (QED) is 0.771. The average molecular weight is 216 g/mol. The molecule has 2 nitrogen and oxygen atoms in total. The number of Topliss-reactive ketones (excluding diaryl/α,β-unsaturated/α-hetero) is 1. The zero-order valence-electron chi connectivity index (χ0n) is 9.23. The summed E-state index contributed by atoms with van der Waals surface area (Å²) in [6.07, 6.45) is 4.77. The van der Waals surface area contributed by atoms with Gasteiger partial charge >= 0.3 is 0 Å². The second-order valence-electron chi connectivity index (χ2n) is 5.16. The summed E-state index contributed by atoms with van der Waals surface area (Å²) in [5.74, 6) is 1.81. The molecule has 0 aliphatic heterocycles. The molecule has 3 unspecified atom stereocenters. The van der Waals surface area contributed by atoms with E-state index in [2.05, 4.69) is 0 Å². The van der Waals surface area contributed by atoms with Crippen molar-refractivity contribution in [3.8, 4) is 5.75 Å². The summed E-state index contributed by atoms with van der Waals surface area (Å²) < 4.78 is 0. The maximum Gasteiger partial charge on any atom is 0.169 e. The van der Waals surface area contributed by atoms with Crippen LogP contribution >= 0.6 is 0 Å². The number of phenolic OH excluding ortho intramolecular Hbond substituents is 1. The lowest BCUT2D eigenvalue weighted by Crippen LogP contribution is -2.21. The lowest BCUT2D eigenvalue weighted by Gasteiger charge is -2.20. The van der Waals surface area contributed by atoms with Crippen LogP contribution in [0.5, 0.6) is 5.75 Å². The van der Waals surface area contributed by atoms with E-state index in [1.807, 2.05) is 6.07 Å². The van der Waals surface area contributed by atoms with Gasteiger partial charge in [-0.05, 0) is 43.2 Å². The summed E-state index contributed by atoms with van der Waals surface area (Å²) in [5.41, 5.74) is 0.514. The van der Waals surface area contributed by atoms with Crippen LogP contribution in [0.4, 0.5) is 0 Å². The zero-order chi connectivity index (χ0) is 11.1. The molecule has 2 heteroatoms. The molecule has 2 aliphatic carbocycles. The van der Waals surface area contributed by atoms with E-state index < -0.39 is 0 Å². The van der Waals surface area contributed by atoms with E-state index >= 15 is 0 Å². The first kappa shape index (κ1) is 9.88. The van der Waals surface area contributed by atoms with Gasteiger partial charge in [0.25, 0.3) is 0 Å². The van der Waals surface area contributed by atoms with Gasteiger partial charge < -0.3 is 5.11 Å². The van der Waals surface area contributed by atoms with Gasteiger partial charge in [-0.25, -0.2) is 0 Å². The van der Waals surface area contributed by atoms with Gasteiger partial charge in [0, 0.05) is 5.92 Å². The van der Waals surface area contributed by atoms with Crippen LogP contribution in [0.25, 0.3) is 0 Å². The first-order chi connectivity index (χ1) is 7.75. The largest absolute Gasteiger partial charge is 0.507 e. The lowest BCUT2D eigenvalue weighted by atomic mass is 9.83. The second kappa shape index (κ2) is 3.62. The summed E-state index contributed by atoms with van der Waals surface area (Å²) in [4.78, 5) is 12.3. The lowest BCUT2D eigenvalue weighted by molar-refractivity contribution is 0.0872. The summed E-state index contributed by atoms with van der Waals surface area (Å²) >= 11 is 0. The number of ketones is 1. The Balaban J connectivity index is 1.86. The van der Waals surface area contributed by atoms with Crippen LogP contribution in [0.1, 0.15) is 36.0 Å². The first-order valence-corrected chi connectivity index (χ1v) is 6.08. The highest BCUT2D eigenvalue weighted by Gasteiger charge is 2.43. The third kappa shape index (κ3) is 1.44. The van der Waals surface area contributed by atoms with Crippen LogP contribution in [0.2, 0.25) is 0 Å². The van der Waals surface area contributed by atoms with Crippen molar-refractivity contribution in [2.24, 2.45) is 17.8 Å². The van der Waals surface area contributed by atoms with Gasteiger partial charge in [0.05, 0.1) is 5.56 Å². The molecule has 16 heavy (non-hydrogen) atoms. The van der Waals surface area contributed by atoms with Crippen molar-refractivity contribution in [2.45, 2.75) is 25.7 Å². The topological polar surface area (TPSA) is 37.3 Å². The molecular formula is C14H16O2. The third-order valence-electron chi connectivity index (χ3n) is 4.24. The van der Waals surface area contributed by atoms with E-state index in [0.717, 1.165) is 12.3 Å². The van der Waals surface area contributed by atoms with E-state index in [4.69, 9.17) is 0 Å². The fraction of sp³-hybridized carbons (Fsp3) is 0.500. The summed E-state index contributed by atoms with van der Waals surface area (Å²) in [6.45, 7) is 0. The molecule has 2 fully saturated rings. The van der Waals surface area contributed by atoms with Crippen molar-refractivity contribution in [1.29, 1.82) is 0 Å². The SMILES string of the molecule is O=C(c1ccccc1O)C1CC2CCC1C2. The molecule has 0 saturated heterocycles. The van der Waals surface area contributed by atoms with Crippen molar-refractivity contribution >= 4 is 5.78 Å². The molecule has 3 atom stereocenters. The predicted octanol–water partition coefficient (Wildman–Crippen LogP) is 3.01. The number of fused-ring (bicyclic) bond motifs is 2. The van der Waals surface area contributed by atoms with Crippen LogP contribution in [0.3, 0.4) is 0 Å². The number of phenols is 1. The van der Waals surface area contributed by atoms with E-state index in [1.54, 1.807) is 18.2 Å². The first-order valence-electron chi connectivity index (χ1n) is 6.08. The predicted molar refractivity (Wildman–Crippen MR) is 61.4 cm³/mol. The van der Waals surface area contributed by atoms with Gasteiger partial charge in [-0.1, -0.05) is 18.6 Å². The van der Waals surface area contributed by atoms with Crippen LogP contribution in [-0.4, -0.2) is 10.9 Å². The number of carbonyl (C=O) groups is 1. The molecular weight excluding hydrogens is 200 g/mol. The van der Waals surface area contributed by atoms with Crippen molar-refractivity contribution < 1.29 is 9.90 Å². The molecule has 84 valence electrons. The Labute approximate surface area is 95.3 Å². The van der Waals surface area contributed by atoms with Crippen molar-refractivity contribution in [3.05, 3.63) is 29.8 Å².